The van der Waals surface area contributed by atoms with Crippen LogP contribution in [0.5, 0.6) is 0 Å². The molecule has 1 fully saturated rings. The van der Waals surface area contributed by atoms with Crippen LogP contribution in [0.1, 0.15) is 0 Å². The number of anilines is 1. The van der Waals surface area contributed by atoms with Gasteiger partial charge in [0.2, 0.25) is 5.95 Å². The minimum Gasteiger partial charge on any atom is -0.378 e. The monoisotopic (exact) mass is 297 g/mol. The second-order valence-corrected chi connectivity index (χ2v) is 5.61. The van der Waals surface area contributed by atoms with E-state index < -0.39 is 0 Å². The molecular weight excluding hydrogens is 278 g/mol. The third-order valence-electron chi connectivity index (χ3n) is 4.21. The van der Waals surface area contributed by atoms with E-state index in [1.54, 1.807) is 0 Å². The summed E-state index contributed by atoms with van der Waals surface area (Å²) in [6, 6.07) is 10.5. The number of nitrogens with zero attached hydrogens (tertiary/aromatic N) is 5. The minimum atomic E-state index is 0.746. The van der Waals surface area contributed by atoms with Crippen molar-refractivity contribution < 1.29 is 4.74 Å². The van der Waals surface area contributed by atoms with Gasteiger partial charge in [-0.05, 0) is 12.1 Å². The van der Waals surface area contributed by atoms with Crippen molar-refractivity contribution >= 4 is 16.9 Å². The van der Waals surface area contributed by atoms with E-state index in [1.807, 2.05) is 11.7 Å². The molecule has 0 radical (unpaired) electrons. The van der Waals surface area contributed by atoms with E-state index in [9.17, 15) is 0 Å². The third kappa shape index (κ3) is 2.07. The summed E-state index contributed by atoms with van der Waals surface area (Å²) in [5, 5.41) is 5.82. The molecule has 1 aliphatic heterocycles. The van der Waals surface area contributed by atoms with E-state index in [0.717, 1.165) is 43.8 Å². The van der Waals surface area contributed by atoms with E-state index in [0.29, 0.717) is 0 Å². The number of fused-ring (bicyclic) bond motifs is 1. The highest BCUT2D eigenvalue weighted by atomic mass is 16.5. The Kier molecular flexibility index (Phi) is 3.11. The first-order valence-electron chi connectivity index (χ1n) is 7.52. The van der Waals surface area contributed by atoms with Crippen LogP contribution in [0.3, 0.4) is 0 Å². The van der Waals surface area contributed by atoms with Crippen LogP contribution in [0, 0.1) is 0 Å². The van der Waals surface area contributed by atoms with Gasteiger partial charge in [-0.25, -0.2) is 4.68 Å². The van der Waals surface area contributed by atoms with Gasteiger partial charge in [0.1, 0.15) is 0 Å². The lowest BCUT2D eigenvalue weighted by Gasteiger charge is -2.26. The van der Waals surface area contributed by atoms with E-state index in [4.69, 9.17) is 9.72 Å². The van der Waals surface area contributed by atoms with Crippen LogP contribution in [0.25, 0.3) is 22.4 Å². The number of morpholine rings is 1. The fourth-order valence-corrected chi connectivity index (χ4v) is 3.03. The standard InChI is InChI=1S/C16H19N5O/c1-19-13-6-4-3-5-12(13)11-14(19)15-17-16(20(2)18-15)21-7-9-22-10-8-21/h3-6,11H,7-10H2,1-2H3. The molecule has 114 valence electrons. The highest BCUT2D eigenvalue weighted by Gasteiger charge is 2.20. The topological polar surface area (TPSA) is 48.1 Å². The predicted octanol–water partition coefficient (Wildman–Crippen LogP) is 1.81. The maximum Gasteiger partial charge on any atom is 0.224 e. The lowest BCUT2D eigenvalue weighted by atomic mass is 10.2. The molecule has 0 unspecified atom stereocenters. The maximum absolute atomic E-state index is 5.41. The molecule has 0 N–H and O–H groups in total. The Hall–Kier alpha value is -2.34. The summed E-state index contributed by atoms with van der Waals surface area (Å²) in [5.41, 5.74) is 2.23. The van der Waals surface area contributed by atoms with Crippen molar-refractivity contribution in [2.45, 2.75) is 0 Å². The van der Waals surface area contributed by atoms with Gasteiger partial charge in [-0.2, -0.15) is 4.98 Å². The van der Waals surface area contributed by atoms with Crippen LogP contribution < -0.4 is 4.90 Å². The average Bonchev–Trinajstić information content (AvgIpc) is 3.09. The van der Waals surface area contributed by atoms with Crippen LogP contribution in [-0.2, 0) is 18.8 Å². The Labute approximate surface area is 128 Å². The number of hydrogen-bond donors (Lipinski definition) is 0. The zero-order chi connectivity index (χ0) is 15.1. The molecule has 0 aliphatic carbocycles. The molecular formula is C16H19N5O. The van der Waals surface area contributed by atoms with E-state index in [1.165, 1.54) is 10.9 Å². The van der Waals surface area contributed by atoms with Gasteiger partial charge in [-0.1, -0.05) is 18.2 Å². The average molecular weight is 297 g/mol. The molecule has 3 heterocycles. The molecule has 0 bridgehead atoms. The first-order chi connectivity index (χ1) is 10.7. The Balaban J connectivity index is 1.77. The number of para-hydroxylation sites is 1. The minimum absolute atomic E-state index is 0.746. The van der Waals surface area contributed by atoms with Crippen molar-refractivity contribution in [2.24, 2.45) is 14.1 Å². The van der Waals surface area contributed by atoms with Crippen molar-refractivity contribution in [3.63, 3.8) is 0 Å². The number of rotatable bonds is 2. The van der Waals surface area contributed by atoms with Crippen LogP contribution in [0.15, 0.2) is 30.3 Å². The summed E-state index contributed by atoms with van der Waals surface area (Å²) in [6.45, 7) is 3.22. The first-order valence-corrected chi connectivity index (χ1v) is 7.52. The molecule has 1 saturated heterocycles. The van der Waals surface area contributed by atoms with Gasteiger partial charge < -0.3 is 14.2 Å². The van der Waals surface area contributed by atoms with Crippen molar-refractivity contribution in [3.8, 4) is 11.5 Å². The van der Waals surface area contributed by atoms with Crippen LogP contribution in [0.2, 0.25) is 0 Å². The summed E-state index contributed by atoms with van der Waals surface area (Å²) in [7, 11) is 4.01. The Morgan fingerprint density at radius 2 is 1.86 bits per heavy atom. The number of aromatic nitrogens is 4. The van der Waals surface area contributed by atoms with Gasteiger partial charge in [-0.15, -0.1) is 5.10 Å². The highest BCUT2D eigenvalue weighted by molar-refractivity contribution is 5.85. The van der Waals surface area contributed by atoms with Crippen LogP contribution in [-0.4, -0.2) is 45.6 Å². The largest absolute Gasteiger partial charge is 0.378 e. The molecule has 6 nitrogen and oxygen atoms in total. The molecule has 1 aromatic carbocycles. The second-order valence-electron chi connectivity index (χ2n) is 5.61. The Bertz CT molecular complexity index is 813. The van der Waals surface area contributed by atoms with Crippen LogP contribution >= 0.6 is 0 Å². The first kappa shape index (κ1) is 13.3. The summed E-state index contributed by atoms with van der Waals surface area (Å²) in [4.78, 5) is 6.99. The molecule has 3 aromatic rings. The normalized spacial score (nSPS) is 15.6. The molecule has 0 saturated carbocycles. The summed E-state index contributed by atoms with van der Waals surface area (Å²) < 4.78 is 9.41. The van der Waals surface area contributed by atoms with Gasteiger partial charge in [0.05, 0.1) is 18.9 Å². The van der Waals surface area contributed by atoms with Gasteiger partial charge >= 0.3 is 0 Å². The fraction of sp³-hybridized carbons (Fsp3) is 0.375. The molecule has 0 spiro atoms. The lowest BCUT2D eigenvalue weighted by Crippen LogP contribution is -2.37. The summed E-state index contributed by atoms with van der Waals surface area (Å²) in [6.07, 6.45) is 0. The van der Waals surface area contributed by atoms with Crippen molar-refractivity contribution in [2.75, 3.05) is 31.2 Å². The Morgan fingerprint density at radius 1 is 1.09 bits per heavy atom. The number of ether oxygens (including phenoxy) is 1. The molecule has 2 aromatic heterocycles. The Morgan fingerprint density at radius 3 is 2.64 bits per heavy atom. The SMILES string of the molecule is Cn1nc(-c2cc3ccccc3n2C)nc1N1CCOCC1. The maximum atomic E-state index is 5.41. The van der Waals surface area contributed by atoms with Gasteiger partial charge in [0.15, 0.2) is 5.82 Å². The van der Waals surface area contributed by atoms with Gasteiger partial charge in [0.25, 0.3) is 0 Å². The molecule has 0 atom stereocenters. The molecule has 0 amide bonds. The van der Waals surface area contributed by atoms with E-state index >= 15 is 0 Å². The van der Waals surface area contributed by atoms with Crippen LogP contribution in [0.4, 0.5) is 5.95 Å². The van der Waals surface area contributed by atoms with E-state index in [-0.39, 0.29) is 0 Å². The van der Waals surface area contributed by atoms with Gasteiger partial charge in [0, 0.05) is 38.1 Å². The van der Waals surface area contributed by atoms with Crippen molar-refractivity contribution in [3.05, 3.63) is 30.3 Å². The number of hydrogen-bond acceptors (Lipinski definition) is 4. The molecule has 22 heavy (non-hydrogen) atoms. The third-order valence-corrected chi connectivity index (χ3v) is 4.21. The van der Waals surface area contributed by atoms with Crippen molar-refractivity contribution in [1.82, 2.24) is 19.3 Å². The number of aryl methyl sites for hydroxylation is 2. The fourth-order valence-electron chi connectivity index (χ4n) is 3.03. The zero-order valence-electron chi connectivity index (χ0n) is 12.9. The van der Waals surface area contributed by atoms with Crippen molar-refractivity contribution in [1.29, 1.82) is 0 Å². The number of benzene rings is 1. The molecule has 4 rings (SSSR count). The van der Waals surface area contributed by atoms with Gasteiger partial charge in [-0.3, -0.25) is 0 Å². The molecule has 1 aliphatic rings. The quantitative estimate of drug-likeness (QED) is 0.724. The van der Waals surface area contributed by atoms with E-state index in [2.05, 4.69) is 51.9 Å². The highest BCUT2D eigenvalue weighted by Crippen LogP contribution is 2.26. The zero-order valence-corrected chi connectivity index (χ0v) is 12.9. The smallest absolute Gasteiger partial charge is 0.224 e. The second kappa shape index (κ2) is 5.14. The lowest BCUT2D eigenvalue weighted by molar-refractivity contribution is 0.121. The predicted molar refractivity (Wildman–Crippen MR) is 85.9 cm³/mol. The summed E-state index contributed by atoms with van der Waals surface area (Å²) >= 11 is 0. The molecule has 6 heteroatoms. The summed E-state index contributed by atoms with van der Waals surface area (Å²) in [5.74, 6) is 1.67.